The van der Waals surface area contributed by atoms with Crippen LogP contribution in [0.2, 0.25) is 0 Å². The van der Waals surface area contributed by atoms with E-state index in [-0.39, 0.29) is 0 Å². The third kappa shape index (κ3) is 3.44. The SMILES string of the molecule is CCCC1(/C=C/C(C)(O)c2ccccc2)OCCO1. The third-order valence-corrected chi connectivity index (χ3v) is 3.39. The van der Waals surface area contributed by atoms with E-state index in [9.17, 15) is 5.11 Å². The molecule has 0 amide bonds. The number of hydrogen-bond donors (Lipinski definition) is 1. The average Bonchev–Trinajstić information content (AvgIpc) is 2.87. The first-order valence-electron chi connectivity index (χ1n) is 6.84. The Morgan fingerprint density at radius 2 is 1.89 bits per heavy atom. The van der Waals surface area contributed by atoms with Gasteiger partial charge in [-0.05, 0) is 24.6 Å². The molecular formula is C16H22O3. The maximum Gasteiger partial charge on any atom is 0.188 e. The number of rotatable bonds is 5. The average molecular weight is 262 g/mol. The smallest absolute Gasteiger partial charge is 0.188 e. The summed E-state index contributed by atoms with van der Waals surface area (Å²) in [6, 6.07) is 9.59. The van der Waals surface area contributed by atoms with Crippen LogP contribution >= 0.6 is 0 Å². The molecule has 0 saturated carbocycles. The van der Waals surface area contributed by atoms with Crippen LogP contribution < -0.4 is 0 Å². The van der Waals surface area contributed by atoms with Crippen molar-refractivity contribution in [3.05, 3.63) is 48.0 Å². The summed E-state index contributed by atoms with van der Waals surface area (Å²) in [5.74, 6) is -0.659. The molecule has 19 heavy (non-hydrogen) atoms. The van der Waals surface area contributed by atoms with Crippen LogP contribution in [0.5, 0.6) is 0 Å². The molecule has 3 nitrogen and oxygen atoms in total. The van der Waals surface area contributed by atoms with Crippen molar-refractivity contribution in [3.8, 4) is 0 Å². The second kappa shape index (κ2) is 5.87. The Morgan fingerprint density at radius 1 is 1.26 bits per heavy atom. The van der Waals surface area contributed by atoms with Crippen LogP contribution in [0, 0.1) is 0 Å². The Hall–Kier alpha value is -1.16. The summed E-state index contributed by atoms with van der Waals surface area (Å²) in [4.78, 5) is 0. The van der Waals surface area contributed by atoms with Gasteiger partial charge < -0.3 is 14.6 Å². The summed E-state index contributed by atoms with van der Waals surface area (Å²) in [6.07, 6.45) is 5.39. The van der Waals surface area contributed by atoms with Crippen molar-refractivity contribution in [2.75, 3.05) is 13.2 Å². The molecule has 1 fully saturated rings. The van der Waals surface area contributed by atoms with Gasteiger partial charge in [0.15, 0.2) is 5.79 Å². The summed E-state index contributed by atoms with van der Waals surface area (Å²) in [7, 11) is 0. The summed E-state index contributed by atoms with van der Waals surface area (Å²) in [6.45, 7) is 5.08. The molecule has 1 N–H and O–H groups in total. The van der Waals surface area contributed by atoms with Gasteiger partial charge in [-0.2, -0.15) is 0 Å². The predicted molar refractivity (Wildman–Crippen MR) is 74.7 cm³/mol. The summed E-state index contributed by atoms with van der Waals surface area (Å²) < 4.78 is 11.4. The molecule has 2 rings (SSSR count). The first-order chi connectivity index (χ1) is 9.08. The van der Waals surface area contributed by atoms with E-state index in [2.05, 4.69) is 6.92 Å². The van der Waals surface area contributed by atoms with E-state index in [1.807, 2.05) is 36.4 Å². The minimum absolute atomic E-state index is 0.609. The first-order valence-corrected chi connectivity index (χ1v) is 6.84. The minimum atomic E-state index is -1.02. The van der Waals surface area contributed by atoms with Crippen LogP contribution in [0.25, 0.3) is 0 Å². The Bertz CT molecular complexity index is 417. The Labute approximate surface area is 114 Å². The molecule has 0 aromatic heterocycles. The molecule has 1 aliphatic heterocycles. The van der Waals surface area contributed by atoms with Gasteiger partial charge in [0, 0.05) is 6.42 Å². The lowest BCUT2D eigenvalue weighted by molar-refractivity contribution is -0.122. The fourth-order valence-corrected chi connectivity index (χ4v) is 2.30. The highest BCUT2D eigenvalue weighted by Crippen LogP contribution is 2.29. The van der Waals surface area contributed by atoms with E-state index >= 15 is 0 Å². The van der Waals surface area contributed by atoms with Crippen molar-refractivity contribution < 1.29 is 14.6 Å². The lowest BCUT2D eigenvalue weighted by atomic mass is 9.94. The van der Waals surface area contributed by atoms with Crippen LogP contribution in [-0.4, -0.2) is 24.1 Å². The molecule has 3 heteroatoms. The van der Waals surface area contributed by atoms with Gasteiger partial charge in [-0.3, -0.25) is 0 Å². The van der Waals surface area contributed by atoms with Crippen molar-refractivity contribution >= 4 is 0 Å². The maximum absolute atomic E-state index is 10.5. The molecule has 1 atom stereocenters. The summed E-state index contributed by atoms with van der Waals surface area (Å²) >= 11 is 0. The second-order valence-electron chi connectivity index (χ2n) is 5.11. The van der Waals surface area contributed by atoms with E-state index in [1.165, 1.54) is 0 Å². The van der Waals surface area contributed by atoms with Gasteiger partial charge in [-0.15, -0.1) is 0 Å². The van der Waals surface area contributed by atoms with Gasteiger partial charge in [0.25, 0.3) is 0 Å². The van der Waals surface area contributed by atoms with Crippen molar-refractivity contribution in [1.82, 2.24) is 0 Å². The van der Waals surface area contributed by atoms with Crippen molar-refractivity contribution in [2.24, 2.45) is 0 Å². The zero-order valence-electron chi connectivity index (χ0n) is 11.6. The predicted octanol–water partition coefficient (Wildman–Crippen LogP) is 2.99. The number of hydrogen-bond acceptors (Lipinski definition) is 3. The Morgan fingerprint density at radius 3 is 2.47 bits per heavy atom. The van der Waals surface area contributed by atoms with Crippen LogP contribution in [0.3, 0.4) is 0 Å². The van der Waals surface area contributed by atoms with Crippen LogP contribution in [0.15, 0.2) is 42.5 Å². The summed E-state index contributed by atoms with van der Waals surface area (Å²) in [5.41, 5.74) is -0.159. The zero-order chi connectivity index (χ0) is 13.8. The first kappa shape index (κ1) is 14.3. The summed E-state index contributed by atoms with van der Waals surface area (Å²) in [5, 5.41) is 10.5. The number of benzene rings is 1. The fourth-order valence-electron chi connectivity index (χ4n) is 2.30. The Kier molecular flexibility index (Phi) is 4.40. The standard InChI is InChI=1S/C16H22O3/c1-3-9-16(18-12-13-19-16)11-10-15(2,17)14-7-5-4-6-8-14/h4-8,10-11,17H,3,9,12-13H2,1-2H3/b11-10+. The molecule has 0 bridgehead atoms. The highest BCUT2D eigenvalue weighted by molar-refractivity contribution is 5.26. The van der Waals surface area contributed by atoms with Gasteiger partial charge in [0.2, 0.25) is 0 Å². The molecule has 0 spiro atoms. The minimum Gasteiger partial charge on any atom is -0.381 e. The van der Waals surface area contributed by atoms with E-state index in [4.69, 9.17) is 9.47 Å². The zero-order valence-corrected chi connectivity index (χ0v) is 11.6. The molecular weight excluding hydrogens is 240 g/mol. The van der Waals surface area contributed by atoms with Crippen LogP contribution in [0.1, 0.15) is 32.3 Å². The van der Waals surface area contributed by atoms with Crippen molar-refractivity contribution in [2.45, 2.75) is 38.1 Å². The highest BCUT2D eigenvalue weighted by Gasteiger charge is 2.34. The highest BCUT2D eigenvalue weighted by atomic mass is 16.7. The van der Waals surface area contributed by atoms with Gasteiger partial charge >= 0.3 is 0 Å². The number of aliphatic hydroxyl groups is 1. The van der Waals surface area contributed by atoms with Crippen LogP contribution in [-0.2, 0) is 15.1 Å². The second-order valence-corrected chi connectivity index (χ2v) is 5.11. The van der Waals surface area contributed by atoms with Crippen LogP contribution in [0.4, 0.5) is 0 Å². The number of ether oxygens (including phenoxy) is 2. The quantitative estimate of drug-likeness (QED) is 0.829. The van der Waals surface area contributed by atoms with Crippen molar-refractivity contribution in [3.63, 3.8) is 0 Å². The van der Waals surface area contributed by atoms with Gasteiger partial charge in [-0.1, -0.05) is 43.7 Å². The molecule has 1 heterocycles. The largest absolute Gasteiger partial charge is 0.381 e. The lowest BCUT2D eigenvalue weighted by Crippen LogP contribution is -2.29. The van der Waals surface area contributed by atoms with Gasteiger partial charge in [-0.25, -0.2) is 0 Å². The fraction of sp³-hybridized carbons (Fsp3) is 0.500. The lowest BCUT2D eigenvalue weighted by Gasteiger charge is -2.26. The van der Waals surface area contributed by atoms with Gasteiger partial charge in [0.05, 0.1) is 13.2 Å². The van der Waals surface area contributed by atoms with Crippen molar-refractivity contribution in [1.29, 1.82) is 0 Å². The third-order valence-electron chi connectivity index (χ3n) is 3.39. The molecule has 1 aromatic carbocycles. The van der Waals surface area contributed by atoms with E-state index in [0.29, 0.717) is 13.2 Å². The molecule has 1 aromatic rings. The molecule has 1 unspecified atom stereocenters. The molecule has 0 aliphatic carbocycles. The topological polar surface area (TPSA) is 38.7 Å². The van der Waals surface area contributed by atoms with E-state index in [1.54, 1.807) is 13.0 Å². The Balaban J connectivity index is 2.16. The molecule has 104 valence electrons. The van der Waals surface area contributed by atoms with Gasteiger partial charge in [0.1, 0.15) is 5.60 Å². The maximum atomic E-state index is 10.5. The normalized spacial score (nSPS) is 21.6. The monoisotopic (exact) mass is 262 g/mol. The molecule has 1 saturated heterocycles. The van der Waals surface area contributed by atoms with E-state index in [0.717, 1.165) is 18.4 Å². The molecule has 0 radical (unpaired) electrons. The molecule has 1 aliphatic rings. The van der Waals surface area contributed by atoms with E-state index < -0.39 is 11.4 Å².